The van der Waals surface area contributed by atoms with Gasteiger partial charge in [0.2, 0.25) is 0 Å². The van der Waals surface area contributed by atoms with E-state index in [1.165, 1.54) is 0 Å². The summed E-state index contributed by atoms with van der Waals surface area (Å²) in [6, 6.07) is 19.1. The Kier molecular flexibility index (Phi) is 3.96. The first kappa shape index (κ1) is 14.4. The normalized spacial score (nSPS) is 10.1. The fraction of sp³-hybridized carbons (Fsp3) is 0.0500. The van der Waals surface area contributed by atoms with E-state index in [4.69, 9.17) is 11.6 Å². The third-order valence-electron chi connectivity index (χ3n) is 3.48. The number of carbonyl (C=O) groups excluding carboxylic acids is 1. The van der Waals surface area contributed by atoms with Gasteiger partial charge in [-0.25, -0.2) is 0 Å². The van der Waals surface area contributed by atoms with Gasteiger partial charge in [-0.15, -0.1) is 0 Å². The number of hydrogen-bond acceptors (Lipinski definition) is 1. The van der Waals surface area contributed by atoms with Crippen molar-refractivity contribution in [2.45, 2.75) is 6.92 Å². The van der Waals surface area contributed by atoms with E-state index in [0.717, 1.165) is 21.9 Å². The Balaban J connectivity index is 2.18. The van der Waals surface area contributed by atoms with Crippen LogP contribution in [0.1, 0.15) is 28.4 Å². The average Bonchev–Trinajstić information content (AvgIpc) is 2.53. The van der Waals surface area contributed by atoms with E-state index in [9.17, 15) is 4.79 Å². The molecular formula is C20H13ClO. The van der Waals surface area contributed by atoms with Gasteiger partial charge in [0.25, 0.3) is 0 Å². The number of ketones is 1. The quantitative estimate of drug-likeness (QED) is 0.452. The number of benzene rings is 3. The smallest absolute Gasteiger partial charge is 0.161 e. The molecule has 0 aliphatic heterocycles. The Bertz CT molecular complexity index is 912. The molecule has 3 rings (SSSR count). The maximum absolute atomic E-state index is 11.9. The van der Waals surface area contributed by atoms with Crippen LogP contribution in [0, 0.1) is 11.8 Å². The topological polar surface area (TPSA) is 17.1 Å². The van der Waals surface area contributed by atoms with E-state index in [1.807, 2.05) is 48.5 Å². The molecule has 0 atom stereocenters. The summed E-state index contributed by atoms with van der Waals surface area (Å²) in [4.78, 5) is 11.9. The van der Waals surface area contributed by atoms with Gasteiger partial charge in [-0.2, -0.15) is 0 Å². The van der Waals surface area contributed by atoms with E-state index in [-0.39, 0.29) is 5.78 Å². The molecule has 0 heterocycles. The Labute approximate surface area is 134 Å². The maximum Gasteiger partial charge on any atom is 0.161 e. The number of hydrogen-bond donors (Lipinski definition) is 0. The van der Waals surface area contributed by atoms with Crippen molar-refractivity contribution in [3.05, 3.63) is 82.4 Å². The largest absolute Gasteiger partial charge is 0.294 e. The fourth-order valence-electron chi connectivity index (χ4n) is 2.37. The molecule has 3 aromatic rings. The van der Waals surface area contributed by atoms with Gasteiger partial charge in [0.15, 0.2) is 5.78 Å². The molecule has 0 spiro atoms. The second-order valence-corrected chi connectivity index (χ2v) is 5.46. The lowest BCUT2D eigenvalue weighted by Crippen LogP contribution is -1.97. The summed E-state index contributed by atoms with van der Waals surface area (Å²) in [5.41, 5.74) is 2.30. The maximum atomic E-state index is 11.9. The predicted octanol–water partition coefficient (Wildman–Crippen LogP) is 5.10. The molecule has 0 fully saturated rings. The van der Waals surface area contributed by atoms with Gasteiger partial charge < -0.3 is 0 Å². The summed E-state index contributed by atoms with van der Waals surface area (Å²) in [5.74, 6) is 6.29. The third-order valence-corrected chi connectivity index (χ3v) is 3.74. The fourth-order valence-corrected chi connectivity index (χ4v) is 2.49. The van der Waals surface area contributed by atoms with Crippen LogP contribution in [0.2, 0.25) is 5.02 Å². The minimum atomic E-state index is 0.0196. The molecule has 2 heteroatoms. The second kappa shape index (κ2) is 6.05. The van der Waals surface area contributed by atoms with Gasteiger partial charge >= 0.3 is 0 Å². The zero-order chi connectivity index (χ0) is 15.5. The standard InChI is InChI=1S/C20H13ClO/c1-14(22)18-13-9-16-4-2-3-5-19(16)20(18)12-8-15-6-10-17(21)11-7-15/h2-7,9-11,13H,1H3. The summed E-state index contributed by atoms with van der Waals surface area (Å²) in [6.07, 6.45) is 0. The Morgan fingerprint density at radius 3 is 2.36 bits per heavy atom. The van der Waals surface area contributed by atoms with Gasteiger partial charge in [-0.1, -0.05) is 53.8 Å². The molecular weight excluding hydrogens is 292 g/mol. The molecule has 106 valence electrons. The van der Waals surface area contributed by atoms with Gasteiger partial charge in [0, 0.05) is 21.7 Å². The van der Waals surface area contributed by atoms with Gasteiger partial charge in [-0.05, 0) is 48.0 Å². The monoisotopic (exact) mass is 304 g/mol. The van der Waals surface area contributed by atoms with E-state index >= 15 is 0 Å². The summed E-state index contributed by atoms with van der Waals surface area (Å²) in [7, 11) is 0. The van der Waals surface area contributed by atoms with Crippen molar-refractivity contribution < 1.29 is 4.79 Å². The van der Waals surface area contributed by atoms with Crippen LogP contribution < -0.4 is 0 Å². The van der Waals surface area contributed by atoms with Gasteiger partial charge in [-0.3, -0.25) is 4.79 Å². The Morgan fingerprint density at radius 2 is 1.64 bits per heavy atom. The molecule has 1 nitrogen and oxygen atoms in total. The number of halogens is 1. The van der Waals surface area contributed by atoms with Crippen LogP contribution in [0.3, 0.4) is 0 Å². The third kappa shape index (κ3) is 2.88. The number of Topliss-reactive ketones (excluding diaryl/α,β-unsaturated/α-hetero) is 1. The van der Waals surface area contributed by atoms with E-state index in [1.54, 1.807) is 19.1 Å². The van der Waals surface area contributed by atoms with Crippen molar-refractivity contribution in [1.29, 1.82) is 0 Å². The van der Waals surface area contributed by atoms with Crippen molar-refractivity contribution in [3.8, 4) is 11.8 Å². The minimum Gasteiger partial charge on any atom is -0.294 e. The highest BCUT2D eigenvalue weighted by Gasteiger charge is 2.09. The van der Waals surface area contributed by atoms with E-state index in [2.05, 4.69) is 11.8 Å². The van der Waals surface area contributed by atoms with Crippen LogP contribution in [0.4, 0.5) is 0 Å². The molecule has 0 saturated heterocycles. The first-order valence-corrected chi connectivity index (χ1v) is 7.33. The lowest BCUT2D eigenvalue weighted by molar-refractivity contribution is 0.101. The van der Waals surface area contributed by atoms with Crippen molar-refractivity contribution in [2.24, 2.45) is 0 Å². The van der Waals surface area contributed by atoms with Crippen molar-refractivity contribution in [3.63, 3.8) is 0 Å². The van der Waals surface area contributed by atoms with Crippen molar-refractivity contribution >= 4 is 28.2 Å². The molecule has 3 aromatic carbocycles. The lowest BCUT2D eigenvalue weighted by Gasteiger charge is -2.05. The summed E-state index contributed by atoms with van der Waals surface area (Å²) >= 11 is 5.88. The molecule has 0 saturated carbocycles. The first-order valence-electron chi connectivity index (χ1n) is 6.95. The van der Waals surface area contributed by atoms with Gasteiger partial charge in [0.1, 0.15) is 0 Å². The second-order valence-electron chi connectivity index (χ2n) is 5.02. The molecule has 0 radical (unpaired) electrons. The van der Waals surface area contributed by atoms with E-state index < -0.39 is 0 Å². The predicted molar refractivity (Wildman–Crippen MR) is 91.4 cm³/mol. The summed E-state index contributed by atoms with van der Waals surface area (Å²) in [6.45, 7) is 1.57. The van der Waals surface area contributed by atoms with Crippen LogP contribution in [0.25, 0.3) is 10.8 Å². The summed E-state index contributed by atoms with van der Waals surface area (Å²) < 4.78 is 0. The zero-order valence-corrected chi connectivity index (χ0v) is 12.8. The van der Waals surface area contributed by atoms with Crippen LogP contribution in [-0.2, 0) is 0 Å². The number of carbonyl (C=O) groups is 1. The Hall–Kier alpha value is -2.56. The van der Waals surface area contributed by atoms with Crippen molar-refractivity contribution in [2.75, 3.05) is 0 Å². The average molecular weight is 305 g/mol. The van der Waals surface area contributed by atoms with Crippen LogP contribution in [0.15, 0.2) is 60.7 Å². The van der Waals surface area contributed by atoms with E-state index in [0.29, 0.717) is 10.6 Å². The summed E-state index contributed by atoms with van der Waals surface area (Å²) in [5, 5.41) is 2.75. The highest BCUT2D eigenvalue weighted by Crippen LogP contribution is 2.22. The van der Waals surface area contributed by atoms with Crippen LogP contribution >= 0.6 is 11.6 Å². The van der Waals surface area contributed by atoms with Gasteiger partial charge in [0.05, 0.1) is 0 Å². The molecule has 0 aliphatic carbocycles. The SMILES string of the molecule is CC(=O)c1ccc2ccccc2c1C#Cc1ccc(Cl)cc1. The Morgan fingerprint density at radius 1 is 0.909 bits per heavy atom. The molecule has 0 unspecified atom stereocenters. The molecule has 22 heavy (non-hydrogen) atoms. The first-order chi connectivity index (χ1) is 10.6. The van der Waals surface area contributed by atoms with Crippen molar-refractivity contribution in [1.82, 2.24) is 0 Å². The highest BCUT2D eigenvalue weighted by atomic mass is 35.5. The number of fused-ring (bicyclic) bond motifs is 1. The zero-order valence-electron chi connectivity index (χ0n) is 12.1. The highest BCUT2D eigenvalue weighted by molar-refractivity contribution is 6.30. The van der Waals surface area contributed by atoms with Crippen LogP contribution in [0.5, 0.6) is 0 Å². The lowest BCUT2D eigenvalue weighted by atomic mass is 9.97. The molecule has 0 N–H and O–H groups in total. The van der Waals surface area contributed by atoms with Crippen LogP contribution in [-0.4, -0.2) is 5.78 Å². The molecule has 0 aliphatic rings. The molecule has 0 bridgehead atoms. The number of rotatable bonds is 1. The minimum absolute atomic E-state index is 0.0196. The molecule has 0 aromatic heterocycles. The molecule has 0 amide bonds.